The van der Waals surface area contributed by atoms with Crippen molar-refractivity contribution in [1.82, 2.24) is 0 Å². The van der Waals surface area contributed by atoms with E-state index >= 15 is 0 Å². The van der Waals surface area contributed by atoms with Gasteiger partial charge >= 0.3 is 0 Å². The molecular weight excluding hydrogens is 219 g/mol. The lowest BCUT2D eigenvalue weighted by molar-refractivity contribution is 0.508. The highest BCUT2D eigenvalue weighted by molar-refractivity contribution is 6.36. The van der Waals surface area contributed by atoms with Crippen LogP contribution in [0.1, 0.15) is 12.5 Å². The molecule has 72 valence electrons. The first-order valence-corrected chi connectivity index (χ1v) is 4.36. The second-order valence-corrected chi connectivity index (χ2v) is 3.26. The quantitative estimate of drug-likeness (QED) is 0.443. The molecule has 0 saturated heterocycles. The van der Waals surface area contributed by atoms with Crippen LogP contribution in [-0.2, 0) is 6.42 Å². The SMILES string of the molecule is CCc1c(N)c(Cl)c(F)c(F)c1Cl. The molecule has 2 N–H and O–H groups in total. The molecule has 0 saturated carbocycles. The number of benzene rings is 1. The van der Waals surface area contributed by atoms with Crippen molar-refractivity contribution in [3.63, 3.8) is 0 Å². The smallest absolute Gasteiger partial charge is 0.181 e. The van der Waals surface area contributed by atoms with Crippen molar-refractivity contribution in [1.29, 1.82) is 0 Å². The maximum atomic E-state index is 13.0. The molecule has 1 nitrogen and oxygen atoms in total. The number of rotatable bonds is 1. The molecule has 5 heteroatoms. The average Bonchev–Trinajstić information content (AvgIpc) is 2.13. The number of hydrogen-bond donors (Lipinski definition) is 1. The van der Waals surface area contributed by atoms with E-state index < -0.39 is 16.7 Å². The van der Waals surface area contributed by atoms with E-state index in [0.29, 0.717) is 12.0 Å². The number of nitrogens with two attached hydrogens (primary N) is 1. The van der Waals surface area contributed by atoms with Crippen LogP contribution in [0.5, 0.6) is 0 Å². The van der Waals surface area contributed by atoms with Gasteiger partial charge in [-0.2, -0.15) is 0 Å². The highest BCUT2D eigenvalue weighted by Gasteiger charge is 2.19. The highest BCUT2D eigenvalue weighted by atomic mass is 35.5. The van der Waals surface area contributed by atoms with E-state index in [1.165, 1.54) is 0 Å². The Morgan fingerprint density at radius 3 is 2.08 bits per heavy atom. The van der Waals surface area contributed by atoms with Crippen molar-refractivity contribution >= 4 is 28.9 Å². The lowest BCUT2D eigenvalue weighted by Gasteiger charge is -2.09. The summed E-state index contributed by atoms with van der Waals surface area (Å²) in [7, 11) is 0. The summed E-state index contributed by atoms with van der Waals surface area (Å²) < 4.78 is 25.9. The molecule has 1 aromatic rings. The number of hydrogen-bond acceptors (Lipinski definition) is 1. The summed E-state index contributed by atoms with van der Waals surface area (Å²) in [6.07, 6.45) is 0.404. The molecule has 0 aromatic heterocycles. The third-order valence-corrected chi connectivity index (χ3v) is 2.52. The van der Waals surface area contributed by atoms with Gasteiger partial charge in [0.15, 0.2) is 11.6 Å². The summed E-state index contributed by atoms with van der Waals surface area (Å²) in [6.45, 7) is 1.73. The molecule has 0 atom stereocenters. The van der Waals surface area contributed by atoms with E-state index in [9.17, 15) is 8.78 Å². The molecule has 1 rings (SSSR count). The molecule has 0 unspecified atom stereocenters. The van der Waals surface area contributed by atoms with Gasteiger partial charge < -0.3 is 5.73 Å². The summed E-state index contributed by atoms with van der Waals surface area (Å²) in [5.41, 5.74) is 5.79. The van der Waals surface area contributed by atoms with Crippen molar-refractivity contribution in [2.45, 2.75) is 13.3 Å². The number of anilines is 1. The highest BCUT2D eigenvalue weighted by Crippen LogP contribution is 2.35. The molecule has 0 heterocycles. The van der Waals surface area contributed by atoms with Crippen LogP contribution in [-0.4, -0.2) is 0 Å². The van der Waals surface area contributed by atoms with Crippen LogP contribution >= 0.6 is 23.2 Å². The summed E-state index contributed by atoms with van der Waals surface area (Å²) in [4.78, 5) is 0. The van der Waals surface area contributed by atoms with Crippen LogP contribution in [0.15, 0.2) is 0 Å². The van der Waals surface area contributed by atoms with Gasteiger partial charge in [0.1, 0.15) is 5.02 Å². The third-order valence-electron chi connectivity index (χ3n) is 1.76. The van der Waals surface area contributed by atoms with Crippen LogP contribution < -0.4 is 5.73 Å². The predicted molar refractivity (Wildman–Crippen MR) is 50.2 cm³/mol. The Morgan fingerprint density at radius 1 is 1.15 bits per heavy atom. The van der Waals surface area contributed by atoms with Gasteiger partial charge in [-0.15, -0.1) is 0 Å². The first-order chi connectivity index (χ1) is 6.00. The summed E-state index contributed by atoms with van der Waals surface area (Å²) >= 11 is 11.0. The van der Waals surface area contributed by atoms with Crippen LogP contribution in [0, 0.1) is 11.6 Å². The summed E-state index contributed by atoms with van der Waals surface area (Å²) in [5, 5.41) is -0.694. The van der Waals surface area contributed by atoms with E-state index in [-0.39, 0.29) is 10.7 Å². The fourth-order valence-electron chi connectivity index (χ4n) is 1.04. The molecule has 1 aromatic carbocycles. The first kappa shape index (κ1) is 10.5. The van der Waals surface area contributed by atoms with Gasteiger partial charge in [0, 0.05) is 0 Å². The molecular formula is C8H7Cl2F2N. The van der Waals surface area contributed by atoms with E-state index in [2.05, 4.69) is 0 Å². The first-order valence-electron chi connectivity index (χ1n) is 3.61. The molecule has 0 radical (unpaired) electrons. The molecule has 0 fully saturated rings. The van der Waals surface area contributed by atoms with Crippen molar-refractivity contribution in [3.05, 3.63) is 27.2 Å². The van der Waals surface area contributed by atoms with Gasteiger partial charge in [-0.25, -0.2) is 8.78 Å². The second-order valence-electron chi connectivity index (χ2n) is 2.50. The van der Waals surface area contributed by atoms with Crippen molar-refractivity contribution in [2.75, 3.05) is 5.73 Å². The topological polar surface area (TPSA) is 26.0 Å². The Balaban J connectivity index is 3.56. The summed E-state index contributed by atoms with van der Waals surface area (Å²) in [5.74, 6) is -2.33. The Bertz CT molecular complexity index is 323. The van der Waals surface area contributed by atoms with E-state index in [1.54, 1.807) is 6.92 Å². The molecule has 0 aliphatic rings. The van der Waals surface area contributed by atoms with Gasteiger partial charge in [-0.3, -0.25) is 0 Å². The molecule has 0 aliphatic carbocycles. The fraction of sp³-hybridized carbons (Fsp3) is 0.250. The van der Waals surface area contributed by atoms with Crippen molar-refractivity contribution in [2.24, 2.45) is 0 Å². The van der Waals surface area contributed by atoms with E-state index in [1.807, 2.05) is 0 Å². The molecule has 0 spiro atoms. The van der Waals surface area contributed by atoms with E-state index in [4.69, 9.17) is 28.9 Å². The predicted octanol–water partition coefficient (Wildman–Crippen LogP) is 3.42. The van der Waals surface area contributed by atoms with Gasteiger partial charge in [-0.1, -0.05) is 30.1 Å². The van der Waals surface area contributed by atoms with Crippen molar-refractivity contribution in [3.8, 4) is 0 Å². The second kappa shape index (κ2) is 3.68. The average molecular weight is 226 g/mol. The minimum atomic E-state index is -1.19. The lowest BCUT2D eigenvalue weighted by Crippen LogP contribution is -2.01. The van der Waals surface area contributed by atoms with Gasteiger partial charge in [0.05, 0.1) is 10.7 Å². The van der Waals surface area contributed by atoms with Crippen LogP contribution in [0.25, 0.3) is 0 Å². The fourth-order valence-corrected chi connectivity index (χ4v) is 1.56. The molecule has 0 aliphatic heterocycles. The zero-order valence-electron chi connectivity index (χ0n) is 6.80. The molecule has 13 heavy (non-hydrogen) atoms. The molecule has 0 amide bonds. The van der Waals surface area contributed by atoms with Crippen LogP contribution in [0.2, 0.25) is 10.0 Å². The van der Waals surface area contributed by atoms with Gasteiger partial charge in [0.2, 0.25) is 0 Å². The minimum absolute atomic E-state index is 0.00747. The Hall–Kier alpha value is -0.540. The Kier molecular flexibility index (Phi) is 2.98. The van der Waals surface area contributed by atoms with Crippen LogP contribution in [0.3, 0.4) is 0 Å². The van der Waals surface area contributed by atoms with Gasteiger partial charge in [0.25, 0.3) is 0 Å². The third kappa shape index (κ3) is 1.58. The molecule has 0 bridgehead atoms. The van der Waals surface area contributed by atoms with Crippen molar-refractivity contribution < 1.29 is 8.78 Å². The Morgan fingerprint density at radius 2 is 1.62 bits per heavy atom. The number of halogens is 4. The summed E-state index contributed by atoms with van der Waals surface area (Å²) in [6, 6.07) is 0. The number of nitrogen functional groups attached to an aromatic ring is 1. The zero-order chi connectivity index (χ0) is 10.2. The lowest BCUT2D eigenvalue weighted by atomic mass is 10.1. The maximum absolute atomic E-state index is 13.0. The van der Waals surface area contributed by atoms with E-state index in [0.717, 1.165) is 0 Å². The monoisotopic (exact) mass is 225 g/mol. The normalized spacial score (nSPS) is 10.5. The standard InChI is InChI=1S/C8H7Cl2F2N/c1-2-3-4(9)6(11)7(12)5(10)8(3)13/h2,13H2,1H3. The van der Waals surface area contributed by atoms with Crippen LogP contribution in [0.4, 0.5) is 14.5 Å². The zero-order valence-corrected chi connectivity index (χ0v) is 8.31. The minimum Gasteiger partial charge on any atom is -0.397 e. The maximum Gasteiger partial charge on any atom is 0.181 e. The van der Waals surface area contributed by atoms with Gasteiger partial charge in [-0.05, 0) is 12.0 Å². The Labute approximate surface area is 84.4 Å². The largest absolute Gasteiger partial charge is 0.397 e.